The number of benzene rings is 2. The number of hydrogen-bond acceptors (Lipinski definition) is 12. The van der Waals surface area contributed by atoms with Gasteiger partial charge in [0, 0.05) is 50.0 Å². The van der Waals surface area contributed by atoms with E-state index in [1.807, 2.05) is 58.9 Å². The number of ether oxygens (including phenoxy) is 2. The van der Waals surface area contributed by atoms with Crippen LogP contribution in [0, 0.1) is 24.0 Å². The highest BCUT2D eigenvalue weighted by Gasteiger charge is 2.44. The summed E-state index contributed by atoms with van der Waals surface area (Å²) in [7, 11) is 0. The molecule has 2 aromatic carbocycles. The summed E-state index contributed by atoms with van der Waals surface area (Å²) in [5.41, 5.74) is 4.60. The highest BCUT2D eigenvalue weighted by atomic mass is 32.1. The number of aryl methyl sites for hydroxylation is 1. The van der Waals surface area contributed by atoms with E-state index in [9.17, 15) is 33.1 Å². The molecule has 6 rings (SSSR count). The van der Waals surface area contributed by atoms with E-state index in [0.29, 0.717) is 51.3 Å². The van der Waals surface area contributed by atoms with E-state index in [0.717, 1.165) is 32.9 Å². The molecule has 2 aliphatic rings. The average molecular weight is 896 g/mol. The molecule has 4 aromatic rings. The van der Waals surface area contributed by atoms with Crippen LogP contribution in [0.2, 0.25) is 0 Å². The van der Waals surface area contributed by atoms with E-state index >= 15 is 0 Å². The van der Waals surface area contributed by atoms with Gasteiger partial charge in [-0.2, -0.15) is 4.39 Å². The van der Waals surface area contributed by atoms with Gasteiger partial charge in [0.25, 0.3) is 5.91 Å². The number of amides is 4. The third-order valence-corrected chi connectivity index (χ3v) is 12.8. The van der Waals surface area contributed by atoms with E-state index in [1.54, 1.807) is 22.2 Å². The summed E-state index contributed by atoms with van der Waals surface area (Å²) >= 11 is 2.93. The minimum absolute atomic E-state index is 0.0340. The molecule has 0 aliphatic carbocycles. The topological polar surface area (TPSA) is 175 Å². The Balaban J connectivity index is 0.940. The van der Waals surface area contributed by atoms with Gasteiger partial charge < -0.3 is 40.3 Å². The number of β-amino-alcohol motifs (C(OH)–C–C–N with tert-alkyl or cyclic N) is 1. The first-order chi connectivity index (χ1) is 29.6. The van der Waals surface area contributed by atoms with Crippen LogP contribution in [0.25, 0.3) is 21.7 Å². The summed E-state index contributed by atoms with van der Waals surface area (Å²) in [6.07, 6.45) is 0.874. The van der Waals surface area contributed by atoms with Crippen LogP contribution < -0.4 is 25.6 Å². The third-order valence-electron chi connectivity index (χ3n) is 10.9. The first kappa shape index (κ1) is 46.5. The lowest BCUT2D eigenvalue weighted by molar-refractivity contribution is -0.144. The number of halogens is 2. The molecule has 334 valence electrons. The largest absolute Gasteiger partial charge is 0.480 e. The lowest BCUT2D eigenvalue weighted by Gasteiger charge is -2.35. The van der Waals surface area contributed by atoms with Crippen LogP contribution in [-0.4, -0.2) is 108 Å². The van der Waals surface area contributed by atoms with E-state index in [-0.39, 0.29) is 49.4 Å². The number of likely N-dealkylation sites (tertiary alicyclic amines) is 1. The minimum Gasteiger partial charge on any atom is -0.480 e. The van der Waals surface area contributed by atoms with Crippen molar-refractivity contribution in [3.63, 3.8) is 0 Å². The first-order valence-electron chi connectivity index (χ1n) is 20.9. The van der Waals surface area contributed by atoms with Gasteiger partial charge in [-0.15, -0.1) is 22.7 Å². The smallest absolute Gasteiger partial charge is 0.257 e. The molecule has 0 bridgehead atoms. The van der Waals surface area contributed by atoms with Crippen LogP contribution in [0.1, 0.15) is 77.1 Å². The predicted molar refractivity (Wildman–Crippen MR) is 234 cm³/mol. The molecule has 2 aliphatic heterocycles. The Morgan fingerprint density at radius 1 is 1.00 bits per heavy atom. The van der Waals surface area contributed by atoms with Gasteiger partial charge in [0.05, 0.1) is 47.1 Å². The van der Waals surface area contributed by atoms with E-state index in [4.69, 9.17) is 9.47 Å². The van der Waals surface area contributed by atoms with Crippen molar-refractivity contribution in [2.24, 2.45) is 5.41 Å². The van der Waals surface area contributed by atoms with Gasteiger partial charge in [-0.3, -0.25) is 19.2 Å². The lowest BCUT2D eigenvalue weighted by atomic mass is 9.85. The van der Waals surface area contributed by atoms with Crippen molar-refractivity contribution in [2.75, 3.05) is 50.9 Å². The fourth-order valence-electron chi connectivity index (χ4n) is 7.42. The molecule has 4 amide bonds. The van der Waals surface area contributed by atoms with Crippen molar-refractivity contribution >= 4 is 51.4 Å². The molecule has 0 spiro atoms. The number of anilines is 1. The fraction of sp³-hybridized carbons (Fsp3) is 0.500. The number of hydrogen-bond donors (Lipinski definition) is 4. The molecular weight excluding hydrogens is 841 g/mol. The summed E-state index contributed by atoms with van der Waals surface area (Å²) in [6.45, 7) is 11.5. The number of rotatable bonds is 17. The molecule has 4 atom stereocenters. The predicted octanol–water partition coefficient (Wildman–Crippen LogP) is 5.78. The number of carbonyl (C=O) groups excluding carboxylic acids is 4. The fourth-order valence-corrected chi connectivity index (χ4v) is 9.11. The van der Waals surface area contributed by atoms with Crippen molar-refractivity contribution < 1.29 is 42.5 Å². The van der Waals surface area contributed by atoms with Crippen molar-refractivity contribution in [3.8, 4) is 27.4 Å². The van der Waals surface area contributed by atoms with E-state index in [2.05, 4.69) is 30.8 Å². The number of aromatic nitrogens is 2. The van der Waals surface area contributed by atoms with Gasteiger partial charge in [-0.1, -0.05) is 51.5 Å². The number of aliphatic hydroxyl groups is 1. The zero-order valence-electron chi connectivity index (χ0n) is 35.7. The SMILES string of the molecule is Cc1ncsc1-c1ccc(C(C)NC(=O)C2CC(O)CN2C(=O)C(NC(=O)CCCCCNC(=O)COc2c(-c3csc(N4CCOCC4)n3)ccc(F)c2F)C(C)(C)C)cc1. The first-order valence-corrected chi connectivity index (χ1v) is 22.6. The van der Waals surface area contributed by atoms with Crippen molar-refractivity contribution in [1.82, 2.24) is 30.8 Å². The molecule has 4 heterocycles. The molecule has 4 unspecified atom stereocenters. The molecule has 18 heteroatoms. The summed E-state index contributed by atoms with van der Waals surface area (Å²) in [5, 5.41) is 21.7. The average Bonchev–Trinajstić information content (AvgIpc) is 4.01. The molecule has 14 nitrogen and oxygen atoms in total. The highest BCUT2D eigenvalue weighted by molar-refractivity contribution is 7.14. The third kappa shape index (κ3) is 11.7. The molecule has 62 heavy (non-hydrogen) atoms. The van der Waals surface area contributed by atoms with Crippen LogP contribution >= 0.6 is 22.7 Å². The zero-order chi connectivity index (χ0) is 44.6. The van der Waals surface area contributed by atoms with Crippen LogP contribution in [0.15, 0.2) is 47.3 Å². The second-order valence-corrected chi connectivity index (χ2v) is 18.4. The van der Waals surface area contributed by atoms with Crippen molar-refractivity contribution in [3.05, 3.63) is 70.2 Å². The Morgan fingerprint density at radius 3 is 2.44 bits per heavy atom. The van der Waals surface area contributed by atoms with Gasteiger partial charge in [0.15, 0.2) is 23.3 Å². The number of unbranched alkanes of at least 4 members (excludes halogenated alkanes) is 2. The zero-order valence-corrected chi connectivity index (χ0v) is 37.3. The second-order valence-electron chi connectivity index (χ2n) is 16.7. The Bertz CT molecular complexity index is 2190. The maximum absolute atomic E-state index is 14.9. The van der Waals surface area contributed by atoms with Gasteiger partial charge >= 0.3 is 0 Å². The number of morpholine rings is 1. The summed E-state index contributed by atoms with van der Waals surface area (Å²) in [6, 6.07) is 8.01. The molecule has 0 radical (unpaired) electrons. The minimum atomic E-state index is -1.21. The summed E-state index contributed by atoms with van der Waals surface area (Å²) in [5.74, 6) is -4.41. The van der Waals surface area contributed by atoms with Gasteiger partial charge in [-0.25, -0.2) is 14.4 Å². The number of nitrogens with zero attached hydrogens (tertiary/aromatic N) is 4. The molecule has 2 saturated heterocycles. The van der Waals surface area contributed by atoms with Crippen molar-refractivity contribution in [2.45, 2.75) is 91.0 Å². The van der Waals surface area contributed by atoms with Gasteiger partial charge in [-0.05, 0) is 55.4 Å². The Kier molecular flexibility index (Phi) is 15.7. The maximum atomic E-state index is 14.9. The van der Waals surface area contributed by atoms with Crippen LogP contribution in [0.4, 0.5) is 13.9 Å². The number of nitrogens with one attached hydrogen (secondary N) is 3. The maximum Gasteiger partial charge on any atom is 0.257 e. The Labute approximate surface area is 368 Å². The molecule has 2 fully saturated rings. The monoisotopic (exact) mass is 895 g/mol. The quantitative estimate of drug-likeness (QED) is 0.0952. The molecule has 0 saturated carbocycles. The molecule has 2 aromatic heterocycles. The van der Waals surface area contributed by atoms with E-state index in [1.165, 1.54) is 22.3 Å². The number of aliphatic hydroxyl groups excluding tert-OH is 1. The van der Waals surface area contributed by atoms with E-state index < -0.39 is 59.4 Å². The Hall–Kier alpha value is -5.04. The van der Waals surface area contributed by atoms with Crippen LogP contribution in [0.3, 0.4) is 0 Å². The second kappa shape index (κ2) is 20.9. The van der Waals surface area contributed by atoms with Crippen molar-refractivity contribution in [1.29, 1.82) is 0 Å². The summed E-state index contributed by atoms with van der Waals surface area (Å²) in [4.78, 5) is 66.9. The molecule has 4 N–H and O–H groups in total. The standard InChI is InChI=1S/C44H55F2N7O7S2/c1-26(28-10-12-29(13-11-28)39-27(2)48-25-62-39)49-41(57)34-21-30(54)22-53(34)42(58)40(44(3,4)5)51-35(55)9-7-6-8-16-47-36(56)23-60-38-31(14-15-32(45)37(38)46)33-24-61-43(50-33)52-17-19-59-20-18-52/h10-15,24-26,30,34,40,54H,6-9,16-23H2,1-5H3,(H,47,56)(H,49,57)(H,51,55). The van der Waals surface area contributed by atoms with Crippen LogP contribution in [0.5, 0.6) is 5.75 Å². The van der Waals surface area contributed by atoms with Gasteiger partial charge in [0.2, 0.25) is 23.5 Å². The Morgan fingerprint density at radius 2 is 1.74 bits per heavy atom. The molecular formula is C44H55F2N7O7S2. The number of carbonyl (C=O) groups is 4. The lowest BCUT2D eigenvalue weighted by Crippen LogP contribution is -2.57. The summed E-state index contributed by atoms with van der Waals surface area (Å²) < 4.78 is 40.1. The number of thiazole rings is 2. The van der Waals surface area contributed by atoms with Crippen LogP contribution in [-0.2, 0) is 23.9 Å². The van der Waals surface area contributed by atoms with Gasteiger partial charge in [0.1, 0.15) is 12.1 Å². The highest BCUT2D eigenvalue weighted by Crippen LogP contribution is 2.37. The normalized spacial score (nSPS) is 17.7.